The van der Waals surface area contributed by atoms with E-state index in [0.29, 0.717) is 18.7 Å². The SMILES string of the molecule is COc1ccccc1N1C[C@H](NC(=O)N2CCSCC2)CC1=O. The van der Waals surface area contributed by atoms with E-state index in [2.05, 4.69) is 5.32 Å². The molecule has 1 N–H and O–H groups in total. The largest absolute Gasteiger partial charge is 0.495 e. The third-order valence-electron chi connectivity index (χ3n) is 4.13. The van der Waals surface area contributed by atoms with E-state index >= 15 is 0 Å². The summed E-state index contributed by atoms with van der Waals surface area (Å²) in [6.45, 7) is 2.02. The fraction of sp³-hybridized carbons (Fsp3) is 0.500. The van der Waals surface area contributed by atoms with E-state index in [1.165, 1.54) is 0 Å². The number of anilines is 1. The standard InChI is InChI=1S/C16H21N3O3S/c1-22-14-5-3-2-4-13(14)19-11-12(10-15(19)20)17-16(21)18-6-8-23-9-7-18/h2-5,12H,6-11H2,1H3,(H,17,21)/t12-/m1/s1. The molecule has 2 aliphatic heterocycles. The van der Waals surface area contributed by atoms with Crippen molar-refractivity contribution in [3.63, 3.8) is 0 Å². The van der Waals surface area contributed by atoms with E-state index in [0.717, 1.165) is 30.3 Å². The Bertz CT molecular complexity index is 590. The van der Waals surface area contributed by atoms with Gasteiger partial charge in [-0.15, -0.1) is 0 Å². The number of ether oxygens (including phenoxy) is 1. The van der Waals surface area contributed by atoms with Gasteiger partial charge in [-0.2, -0.15) is 11.8 Å². The zero-order chi connectivity index (χ0) is 16.2. The fourth-order valence-electron chi connectivity index (χ4n) is 2.92. The molecule has 0 aliphatic carbocycles. The molecule has 3 amide bonds. The number of amides is 3. The number of carbonyl (C=O) groups excluding carboxylic acids is 2. The minimum atomic E-state index is -0.158. The fourth-order valence-corrected chi connectivity index (χ4v) is 3.83. The van der Waals surface area contributed by atoms with Crippen LogP contribution in [0.25, 0.3) is 0 Å². The molecule has 2 saturated heterocycles. The van der Waals surface area contributed by atoms with Crippen molar-refractivity contribution in [2.24, 2.45) is 0 Å². The Balaban J connectivity index is 1.64. The average Bonchev–Trinajstić information content (AvgIpc) is 2.95. The van der Waals surface area contributed by atoms with Gasteiger partial charge in [-0.3, -0.25) is 4.79 Å². The number of rotatable bonds is 3. The smallest absolute Gasteiger partial charge is 0.317 e. The second kappa shape index (κ2) is 7.12. The lowest BCUT2D eigenvalue weighted by molar-refractivity contribution is -0.117. The van der Waals surface area contributed by atoms with Crippen LogP contribution >= 0.6 is 11.8 Å². The van der Waals surface area contributed by atoms with Gasteiger partial charge in [0.25, 0.3) is 0 Å². The third-order valence-corrected chi connectivity index (χ3v) is 5.07. The molecule has 3 rings (SSSR count). The highest BCUT2D eigenvalue weighted by atomic mass is 32.2. The molecule has 0 unspecified atom stereocenters. The molecular weight excluding hydrogens is 314 g/mol. The van der Waals surface area contributed by atoms with Gasteiger partial charge in [0.05, 0.1) is 18.8 Å². The highest BCUT2D eigenvalue weighted by molar-refractivity contribution is 7.99. The van der Waals surface area contributed by atoms with E-state index in [4.69, 9.17) is 4.74 Å². The molecule has 2 fully saturated rings. The second-order valence-electron chi connectivity index (χ2n) is 5.63. The van der Waals surface area contributed by atoms with Crippen LogP contribution in [0.3, 0.4) is 0 Å². The van der Waals surface area contributed by atoms with Gasteiger partial charge in [0.2, 0.25) is 5.91 Å². The topological polar surface area (TPSA) is 61.9 Å². The number of para-hydroxylation sites is 2. The number of thioether (sulfide) groups is 1. The normalized spacial score (nSPS) is 21.4. The van der Waals surface area contributed by atoms with Gasteiger partial charge in [-0.05, 0) is 12.1 Å². The van der Waals surface area contributed by atoms with E-state index < -0.39 is 0 Å². The van der Waals surface area contributed by atoms with Crippen LogP contribution in [-0.2, 0) is 4.79 Å². The van der Waals surface area contributed by atoms with Gasteiger partial charge < -0.3 is 19.9 Å². The van der Waals surface area contributed by atoms with Crippen LogP contribution in [0, 0.1) is 0 Å². The van der Waals surface area contributed by atoms with Crippen LogP contribution in [0.5, 0.6) is 5.75 Å². The third kappa shape index (κ3) is 3.55. The Kier molecular flexibility index (Phi) is 4.95. The Morgan fingerprint density at radius 2 is 2.04 bits per heavy atom. The summed E-state index contributed by atoms with van der Waals surface area (Å²) in [6, 6.07) is 7.22. The molecule has 0 aromatic heterocycles. The summed E-state index contributed by atoms with van der Waals surface area (Å²) in [7, 11) is 1.59. The highest BCUT2D eigenvalue weighted by Gasteiger charge is 2.33. The number of carbonyl (C=O) groups is 2. The summed E-state index contributed by atoms with van der Waals surface area (Å²) >= 11 is 1.86. The van der Waals surface area contributed by atoms with E-state index in [1.807, 2.05) is 40.9 Å². The van der Waals surface area contributed by atoms with E-state index in [-0.39, 0.29) is 18.0 Å². The average molecular weight is 335 g/mol. The molecule has 7 heteroatoms. The number of nitrogens with one attached hydrogen (secondary N) is 1. The molecule has 1 aromatic rings. The molecule has 2 heterocycles. The maximum absolute atomic E-state index is 12.3. The summed E-state index contributed by atoms with van der Waals surface area (Å²) in [6.07, 6.45) is 0.326. The first kappa shape index (κ1) is 16.0. The molecule has 124 valence electrons. The molecule has 6 nitrogen and oxygen atoms in total. The minimum Gasteiger partial charge on any atom is -0.495 e. The monoisotopic (exact) mass is 335 g/mol. The molecule has 1 atom stereocenters. The molecule has 0 saturated carbocycles. The van der Waals surface area contributed by atoms with Crippen molar-refractivity contribution in [3.8, 4) is 5.75 Å². The Hall–Kier alpha value is -1.89. The molecule has 1 aromatic carbocycles. The van der Waals surface area contributed by atoms with Crippen molar-refractivity contribution in [1.82, 2.24) is 10.2 Å². The molecular formula is C16H21N3O3S. The van der Waals surface area contributed by atoms with Crippen molar-refractivity contribution >= 4 is 29.4 Å². The van der Waals surface area contributed by atoms with Gasteiger partial charge >= 0.3 is 6.03 Å². The number of methoxy groups -OCH3 is 1. The lowest BCUT2D eigenvalue weighted by Crippen LogP contribution is -2.48. The molecule has 0 radical (unpaired) electrons. The first-order chi connectivity index (χ1) is 11.2. The van der Waals surface area contributed by atoms with Gasteiger partial charge in [-0.1, -0.05) is 12.1 Å². The van der Waals surface area contributed by atoms with Crippen LogP contribution in [0.1, 0.15) is 6.42 Å². The van der Waals surface area contributed by atoms with Gasteiger partial charge in [-0.25, -0.2) is 4.79 Å². The van der Waals surface area contributed by atoms with E-state index in [9.17, 15) is 9.59 Å². The lowest BCUT2D eigenvalue weighted by Gasteiger charge is -2.28. The summed E-state index contributed by atoms with van der Waals surface area (Å²) in [4.78, 5) is 28.1. The van der Waals surface area contributed by atoms with Crippen molar-refractivity contribution in [2.75, 3.05) is 43.1 Å². The van der Waals surface area contributed by atoms with Crippen LogP contribution in [-0.4, -0.2) is 61.1 Å². The lowest BCUT2D eigenvalue weighted by atomic mass is 10.2. The number of hydrogen-bond acceptors (Lipinski definition) is 4. The van der Waals surface area contributed by atoms with Gasteiger partial charge in [0, 0.05) is 37.6 Å². The molecule has 0 bridgehead atoms. The van der Waals surface area contributed by atoms with E-state index in [1.54, 1.807) is 12.0 Å². The predicted octanol–water partition coefficient (Wildman–Crippen LogP) is 1.56. The second-order valence-corrected chi connectivity index (χ2v) is 6.85. The van der Waals surface area contributed by atoms with Crippen molar-refractivity contribution in [1.29, 1.82) is 0 Å². The van der Waals surface area contributed by atoms with Gasteiger partial charge in [0.1, 0.15) is 5.75 Å². The van der Waals surface area contributed by atoms with Crippen molar-refractivity contribution < 1.29 is 14.3 Å². The van der Waals surface area contributed by atoms with Crippen molar-refractivity contribution in [2.45, 2.75) is 12.5 Å². The Labute approximate surface area is 140 Å². The van der Waals surface area contributed by atoms with Crippen LogP contribution in [0.15, 0.2) is 24.3 Å². The predicted molar refractivity (Wildman–Crippen MR) is 91.2 cm³/mol. The Morgan fingerprint density at radius 3 is 2.78 bits per heavy atom. The summed E-state index contributed by atoms with van der Waals surface area (Å²) < 4.78 is 5.33. The summed E-state index contributed by atoms with van der Waals surface area (Å²) in [5.74, 6) is 2.63. The Morgan fingerprint density at radius 1 is 1.30 bits per heavy atom. The van der Waals surface area contributed by atoms with Crippen LogP contribution in [0.4, 0.5) is 10.5 Å². The highest BCUT2D eigenvalue weighted by Crippen LogP contribution is 2.31. The first-order valence-corrected chi connectivity index (χ1v) is 8.91. The first-order valence-electron chi connectivity index (χ1n) is 7.75. The summed E-state index contributed by atoms with van der Waals surface area (Å²) in [5, 5.41) is 2.99. The zero-order valence-corrected chi connectivity index (χ0v) is 14.0. The summed E-state index contributed by atoms with van der Waals surface area (Å²) in [5.41, 5.74) is 0.756. The number of urea groups is 1. The quantitative estimate of drug-likeness (QED) is 0.911. The molecule has 2 aliphatic rings. The molecule has 0 spiro atoms. The maximum atomic E-state index is 12.3. The van der Waals surface area contributed by atoms with Gasteiger partial charge in [0.15, 0.2) is 0 Å². The number of nitrogens with zero attached hydrogens (tertiary/aromatic N) is 2. The minimum absolute atomic E-state index is 0.00833. The number of benzene rings is 1. The maximum Gasteiger partial charge on any atom is 0.317 e. The number of hydrogen-bond donors (Lipinski definition) is 1. The van der Waals surface area contributed by atoms with Crippen LogP contribution < -0.4 is 15.0 Å². The van der Waals surface area contributed by atoms with Crippen molar-refractivity contribution in [3.05, 3.63) is 24.3 Å². The zero-order valence-electron chi connectivity index (χ0n) is 13.2. The van der Waals surface area contributed by atoms with Crippen LogP contribution in [0.2, 0.25) is 0 Å². The molecule has 23 heavy (non-hydrogen) atoms.